The molecule has 2 aromatic heterocycles. The molecule has 5 rings (SSSR count). The second-order valence-electron chi connectivity index (χ2n) is 8.46. The Morgan fingerprint density at radius 3 is 2.77 bits per heavy atom. The molecule has 2 aliphatic heterocycles. The summed E-state index contributed by atoms with van der Waals surface area (Å²) in [5.74, 6) is -1.43. The molecule has 2 bridgehead atoms. The van der Waals surface area contributed by atoms with Gasteiger partial charge in [0, 0.05) is 49.8 Å². The SMILES string of the molecule is O=C(OC(=O)N1CC2CC1(C(=O)N1CCCCC1)CC2F)c1c[nH]c2cnccc12. The third kappa shape index (κ3) is 2.86. The molecule has 9 heteroatoms. The summed E-state index contributed by atoms with van der Waals surface area (Å²) in [7, 11) is 0. The second kappa shape index (κ2) is 7.07. The fraction of sp³-hybridized carbons (Fsp3) is 0.524. The fourth-order valence-electron chi connectivity index (χ4n) is 5.20. The Bertz CT molecular complexity index is 1010. The third-order valence-electron chi connectivity index (χ3n) is 6.72. The van der Waals surface area contributed by atoms with Crippen molar-refractivity contribution < 1.29 is 23.5 Å². The van der Waals surface area contributed by atoms with Crippen LogP contribution in [-0.4, -0.2) is 69.1 Å². The van der Waals surface area contributed by atoms with Gasteiger partial charge in [-0.25, -0.2) is 14.0 Å². The van der Waals surface area contributed by atoms with Crippen molar-refractivity contribution in [1.82, 2.24) is 19.8 Å². The lowest BCUT2D eigenvalue weighted by Crippen LogP contribution is -2.60. The lowest BCUT2D eigenvalue weighted by Gasteiger charge is -2.41. The van der Waals surface area contributed by atoms with E-state index in [9.17, 15) is 18.8 Å². The Kier molecular flexibility index (Phi) is 4.48. The van der Waals surface area contributed by atoms with Crippen LogP contribution in [0, 0.1) is 5.92 Å². The van der Waals surface area contributed by atoms with Crippen LogP contribution in [0.3, 0.4) is 0 Å². The number of fused-ring (bicyclic) bond motifs is 3. The predicted octanol–water partition coefficient (Wildman–Crippen LogP) is 2.65. The number of carbonyl (C=O) groups excluding carboxylic acids is 3. The molecule has 0 spiro atoms. The van der Waals surface area contributed by atoms with Crippen LogP contribution in [-0.2, 0) is 9.53 Å². The zero-order chi connectivity index (χ0) is 20.9. The fourth-order valence-corrected chi connectivity index (χ4v) is 5.20. The quantitative estimate of drug-likeness (QED) is 0.602. The van der Waals surface area contributed by atoms with Gasteiger partial charge in [0.2, 0.25) is 5.91 Å². The number of H-pyrrole nitrogens is 1. The van der Waals surface area contributed by atoms with E-state index in [-0.39, 0.29) is 30.9 Å². The smallest absolute Gasteiger partial charge is 0.372 e. The molecule has 4 heterocycles. The number of hydrogen-bond donors (Lipinski definition) is 1. The van der Waals surface area contributed by atoms with Crippen molar-refractivity contribution in [3.63, 3.8) is 0 Å². The molecule has 2 saturated heterocycles. The lowest BCUT2D eigenvalue weighted by atomic mass is 9.93. The van der Waals surface area contributed by atoms with Gasteiger partial charge in [0.05, 0.1) is 17.3 Å². The molecule has 3 unspecified atom stereocenters. The average molecular weight is 414 g/mol. The minimum absolute atomic E-state index is 0.0327. The maximum absolute atomic E-state index is 14.5. The normalized spacial score (nSPS) is 28.2. The van der Waals surface area contributed by atoms with Gasteiger partial charge < -0.3 is 14.6 Å². The van der Waals surface area contributed by atoms with Gasteiger partial charge in [0.15, 0.2) is 0 Å². The van der Waals surface area contributed by atoms with Crippen molar-refractivity contribution in [2.24, 2.45) is 5.92 Å². The van der Waals surface area contributed by atoms with Crippen molar-refractivity contribution in [2.75, 3.05) is 19.6 Å². The van der Waals surface area contributed by atoms with Crippen LogP contribution >= 0.6 is 0 Å². The summed E-state index contributed by atoms with van der Waals surface area (Å²) >= 11 is 0. The van der Waals surface area contributed by atoms with Crippen molar-refractivity contribution in [3.8, 4) is 0 Å². The maximum Gasteiger partial charge on any atom is 0.418 e. The maximum atomic E-state index is 14.5. The van der Waals surface area contributed by atoms with Crippen LogP contribution in [0.2, 0.25) is 0 Å². The summed E-state index contributed by atoms with van der Waals surface area (Å²) in [5, 5.41) is 0.591. The van der Waals surface area contributed by atoms with E-state index in [1.807, 2.05) is 0 Å². The molecule has 8 nitrogen and oxygen atoms in total. The summed E-state index contributed by atoms with van der Waals surface area (Å²) in [4.78, 5) is 48.9. The predicted molar refractivity (Wildman–Crippen MR) is 104 cm³/mol. The number of pyridine rings is 1. The van der Waals surface area contributed by atoms with Gasteiger partial charge in [-0.2, -0.15) is 0 Å². The minimum atomic E-state index is -1.25. The van der Waals surface area contributed by atoms with Gasteiger partial charge in [0.25, 0.3) is 0 Å². The summed E-state index contributed by atoms with van der Waals surface area (Å²) < 4.78 is 19.6. The van der Waals surface area contributed by atoms with Crippen LogP contribution in [0.5, 0.6) is 0 Å². The molecule has 0 aromatic carbocycles. The van der Waals surface area contributed by atoms with E-state index in [0.29, 0.717) is 24.0 Å². The number of nitrogens with zero attached hydrogens (tertiary/aromatic N) is 3. The number of aromatic nitrogens is 2. The molecule has 2 aromatic rings. The molecule has 1 N–H and O–H groups in total. The van der Waals surface area contributed by atoms with Gasteiger partial charge >= 0.3 is 12.1 Å². The molecular weight excluding hydrogens is 391 g/mol. The van der Waals surface area contributed by atoms with E-state index in [0.717, 1.165) is 19.3 Å². The van der Waals surface area contributed by atoms with Crippen molar-refractivity contribution in [3.05, 3.63) is 30.2 Å². The molecule has 2 amide bonds. The molecular formula is C21H23FN4O4. The van der Waals surface area contributed by atoms with Crippen LogP contribution < -0.4 is 0 Å². The molecule has 158 valence electrons. The first-order chi connectivity index (χ1) is 14.5. The second-order valence-corrected chi connectivity index (χ2v) is 8.46. The third-order valence-corrected chi connectivity index (χ3v) is 6.72. The Morgan fingerprint density at radius 2 is 2.00 bits per heavy atom. The van der Waals surface area contributed by atoms with E-state index < -0.39 is 29.7 Å². The Labute approximate surface area is 172 Å². The van der Waals surface area contributed by atoms with Crippen molar-refractivity contribution in [2.45, 2.75) is 43.8 Å². The number of rotatable bonds is 2. The standard InChI is InChI=1S/C21H23FN4O4/c22-16-9-21(19(28)25-6-2-1-3-7-25)8-13(16)12-26(21)20(29)30-18(27)15-10-24-17-11-23-5-4-14(15)17/h4-5,10-11,13,16,24H,1-3,6-9,12H2. The molecule has 1 saturated carbocycles. The highest BCUT2D eigenvalue weighted by molar-refractivity contribution is 6.07. The van der Waals surface area contributed by atoms with E-state index in [4.69, 9.17) is 4.74 Å². The highest BCUT2D eigenvalue weighted by Crippen LogP contribution is 2.49. The number of alkyl halides is 1. The van der Waals surface area contributed by atoms with Crippen LogP contribution in [0.1, 0.15) is 42.5 Å². The molecule has 3 fully saturated rings. The molecule has 0 radical (unpaired) electrons. The molecule has 3 atom stereocenters. The zero-order valence-corrected chi connectivity index (χ0v) is 16.5. The number of hydrogen-bond acceptors (Lipinski definition) is 5. The first kappa shape index (κ1) is 19.0. The Morgan fingerprint density at radius 1 is 1.20 bits per heavy atom. The summed E-state index contributed by atoms with van der Waals surface area (Å²) in [6, 6.07) is 1.65. The van der Waals surface area contributed by atoms with Crippen molar-refractivity contribution >= 4 is 28.9 Å². The van der Waals surface area contributed by atoms with Crippen LogP contribution in [0.15, 0.2) is 24.7 Å². The number of aromatic amines is 1. The summed E-state index contributed by atoms with van der Waals surface area (Å²) in [6.07, 6.45) is 5.69. The average Bonchev–Trinajstić information content (AvgIpc) is 3.45. The highest BCUT2D eigenvalue weighted by atomic mass is 19.1. The van der Waals surface area contributed by atoms with Crippen LogP contribution in [0.25, 0.3) is 10.9 Å². The number of piperidine rings is 2. The monoisotopic (exact) mass is 414 g/mol. The minimum Gasteiger partial charge on any atom is -0.372 e. The topological polar surface area (TPSA) is 95.6 Å². The number of amides is 2. The van der Waals surface area contributed by atoms with Gasteiger partial charge in [-0.1, -0.05) is 0 Å². The summed E-state index contributed by atoms with van der Waals surface area (Å²) in [6.45, 7) is 1.32. The number of halogens is 1. The largest absolute Gasteiger partial charge is 0.418 e. The van der Waals surface area contributed by atoms with E-state index in [1.54, 1.807) is 23.4 Å². The van der Waals surface area contributed by atoms with E-state index >= 15 is 0 Å². The van der Waals surface area contributed by atoms with Crippen LogP contribution in [0.4, 0.5) is 9.18 Å². The Balaban J connectivity index is 1.37. The van der Waals surface area contributed by atoms with E-state index in [1.165, 1.54) is 11.1 Å². The first-order valence-electron chi connectivity index (χ1n) is 10.4. The van der Waals surface area contributed by atoms with Gasteiger partial charge in [-0.15, -0.1) is 0 Å². The number of ether oxygens (including phenoxy) is 1. The van der Waals surface area contributed by atoms with Gasteiger partial charge in [-0.05, 0) is 31.7 Å². The lowest BCUT2D eigenvalue weighted by molar-refractivity contribution is -0.143. The molecule has 1 aliphatic carbocycles. The zero-order valence-electron chi connectivity index (χ0n) is 16.5. The number of nitrogens with one attached hydrogen (secondary N) is 1. The highest BCUT2D eigenvalue weighted by Gasteiger charge is 2.63. The summed E-state index contributed by atoms with van der Waals surface area (Å²) in [5.41, 5.74) is -0.387. The number of carbonyl (C=O) groups is 3. The Hall–Kier alpha value is -2.97. The number of esters is 1. The first-order valence-corrected chi connectivity index (χ1v) is 10.4. The van der Waals surface area contributed by atoms with E-state index in [2.05, 4.69) is 9.97 Å². The van der Waals surface area contributed by atoms with Gasteiger partial charge in [-0.3, -0.25) is 14.7 Å². The van der Waals surface area contributed by atoms with Gasteiger partial charge in [0.1, 0.15) is 11.7 Å². The number of likely N-dealkylation sites (tertiary alicyclic amines) is 2. The molecule has 3 aliphatic rings. The molecule has 30 heavy (non-hydrogen) atoms. The van der Waals surface area contributed by atoms with Crippen molar-refractivity contribution in [1.29, 1.82) is 0 Å².